The van der Waals surface area contributed by atoms with Crippen LogP contribution in [0.4, 0.5) is 0 Å². The van der Waals surface area contributed by atoms with Gasteiger partial charge in [0.25, 0.3) is 0 Å². The molecule has 0 amide bonds. The van der Waals surface area contributed by atoms with Gasteiger partial charge in [-0.25, -0.2) is 4.72 Å². The largest absolute Gasteiger partial charge is 0.407 e. The van der Waals surface area contributed by atoms with Crippen LogP contribution in [-0.4, -0.2) is 8.42 Å². The summed E-state index contributed by atoms with van der Waals surface area (Å²) in [5.74, 6) is 0.374. The summed E-state index contributed by atoms with van der Waals surface area (Å²) in [5, 5.41) is 0. The Morgan fingerprint density at radius 1 is 1.13 bits per heavy atom. The Kier molecular flexibility index (Phi) is 2.19. The molecule has 2 rings (SSSR count). The second-order valence-corrected chi connectivity index (χ2v) is 4.72. The minimum Gasteiger partial charge on any atom is -0.369 e. The summed E-state index contributed by atoms with van der Waals surface area (Å²) >= 11 is 0. The molecule has 0 bridgehead atoms. The van der Waals surface area contributed by atoms with Crippen LogP contribution in [0, 0.1) is 6.92 Å². The third-order valence-electron chi connectivity index (χ3n) is 2.15. The maximum atomic E-state index is 11.1. The highest BCUT2D eigenvalue weighted by molar-refractivity contribution is 7.85. The molecule has 15 heavy (non-hydrogen) atoms. The molecule has 1 aliphatic heterocycles. The van der Waals surface area contributed by atoms with Crippen LogP contribution in [0.2, 0.25) is 0 Å². The summed E-state index contributed by atoms with van der Waals surface area (Å²) in [6.07, 6.45) is 0. The highest BCUT2D eigenvalue weighted by Crippen LogP contribution is 2.24. The molecule has 0 spiro atoms. The zero-order chi connectivity index (χ0) is 11.1. The maximum absolute atomic E-state index is 11.1. The van der Waals surface area contributed by atoms with Gasteiger partial charge in [0.15, 0.2) is 0 Å². The van der Waals surface area contributed by atoms with E-state index in [2.05, 4.69) is 8.91 Å². The number of benzene rings is 1. The normalized spacial score (nSPS) is 18.5. The van der Waals surface area contributed by atoms with E-state index in [9.17, 15) is 8.42 Å². The van der Waals surface area contributed by atoms with E-state index >= 15 is 0 Å². The Balaban J connectivity index is 2.41. The van der Waals surface area contributed by atoms with Crippen LogP contribution in [0.3, 0.4) is 0 Å². The van der Waals surface area contributed by atoms with Crippen LogP contribution in [-0.2, 0) is 14.5 Å². The molecule has 5 heteroatoms. The molecule has 0 radical (unpaired) electrons. The minimum atomic E-state index is -3.63. The van der Waals surface area contributed by atoms with Crippen molar-refractivity contribution in [3.05, 3.63) is 41.2 Å². The smallest absolute Gasteiger partial charge is 0.369 e. The first-order valence-corrected chi connectivity index (χ1v) is 5.89. The van der Waals surface area contributed by atoms with Crippen molar-refractivity contribution in [2.45, 2.75) is 13.8 Å². The second-order valence-electron chi connectivity index (χ2n) is 3.44. The van der Waals surface area contributed by atoms with Gasteiger partial charge in [-0.15, -0.1) is 0 Å². The number of rotatable bonds is 1. The molecule has 1 aromatic rings. The zero-order valence-electron chi connectivity index (χ0n) is 8.44. The van der Waals surface area contributed by atoms with Gasteiger partial charge in [-0.3, -0.25) is 0 Å². The maximum Gasteiger partial charge on any atom is 0.407 e. The molecule has 1 heterocycles. The van der Waals surface area contributed by atoms with Crippen molar-refractivity contribution < 1.29 is 12.6 Å². The van der Waals surface area contributed by atoms with Crippen molar-refractivity contribution in [3.8, 4) is 0 Å². The highest BCUT2D eigenvalue weighted by atomic mass is 32.2. The van der Waals surface area contributed by atoms with E-state index in [0.29, 0.717) is 11.5 Å². The fraction of sp³-hybridized carbons (Fsp3) is 0.200. The monoisotopic (exact) mass is 225 g/mol. The van der Waals surface area contributed by atoms with E-state index < -0.39 is 10.3 Å². The first kappa shape index (κ1) is 10.0. The first-order valence-electron chi connectivity index (χ1n) is 4.48. The Labute approximate surface area is 88.8 Å². The van der Waals surface area contributed by atoms with Crippen LogP contribution < -0.4 is 4.72 Å². The fourth-order valence-corrected chi connectivity index (χ4v) is 2.37. The van der Waals surface area contributed by atoms with E-state index in [1.54, 1.807) is 6.92 Å². The van der Waals surface area contributed by atoms with Gasteiger partial charge in [0.05, 0.1) is 5.70 Å². The predicted octanol–water partition coefficient (Wildman–Crippen LogP) is 1.55. The first-order chi connectivity index (χ1) is 6.98. The summed E-state index contributed by atoms with van der Waals surface area (Å²) in [7, 11) is -3.63. The number of hydrogen-bond donors (Lipinski definition) is 1. The van der Waals surface area contributed by atoms with Gasteiger partial charge in [-0.1, -0.05) is 29.8 Å². The second kappa shape index (κ2) is 3.27. The van der Waals surface area contributed by atoms with Gasteiger partial charge < -0.3 is 4.18 Å². The Hall–Kier alpha value is -1.49. The zero-order valence-corrected chi connectivity index (χ0v) is 9.26. The number of aryl methyl sites for hydroxylation is 1. The molecule has 1 aromatic carbocycles. The number of allylic oxidation sites excluding steroid dienone is 1. The van der Waals surface area contributed by atoms with Crippen LogP contribution in [0.25, 0.3) is 5.70 Å². The molecule has 0 atom stereocenters. The van der Waals surface area contributed by atoms with Gasteiger partial charge >= 0.3 is 10.3 Å². The third kappa shape index (κ3) is 1.97. The number of nitrogens with one attached hydrogen (secondary N) is 1. The van der Waals surface area contributed by atoms with E-state index in [1.165, 1.54) is 0 Å². The van der Waals surface area contributed by atoms with E-state index in [1.807, 2.05) is 31.2 Å². The molecule has 0 aliphatic carbocycles. The van der Waals surface area contributed by atoms with Crippen molar-refractivity contribution >= 4 is 16.0 Å². The van der Waals surface area contributed by atoms with Crippen molar-refractivity contribution in [3.63, 3.8) is 0 Å². The molecule has 1 N–H and O–H groups in total. The SMILES string of the molecule is CC1=C(c2ccc(C)cc2)NS(=O)(=O)O1. The van der Waals surface area contributed by atoms with E-state index in [4.69, 9.17) is 0 Å². The van der Waals surface area contributed by atoms with Crippen LogP contribution in [0.1, 0.15) is 18.1 Å². The summed E-state index contributed by atoms with van der Waals surface area (Å²) in [6, 6.07) is 7.54. The Morgan fingerprint density at radius 3 is 2.20 bits per heavy atom. The van der Waals surface area contributed by atoms with Gasteiger partial charge in [-0.2, -0.15) is 8.42 Å². The Morgan fingerprint density at radius 2 is 1.73 bits per heavy atom. The molecule has 0 fully saturated rings. The van der Waals surface area contributed by atoms with Crippen LogP contribution in [0.15, 0.2) is 30.0 Å². The molecule has 0 saturated carbocycles. The molecule has 0 aromatic heterocycles. The minimum absolute atomic E-state index is 0.374. The number of hydrogen-bond acceptors (Lipinski definition) is 3. The lowest BCUT2D eigenvalue weighted by molar-refractivity contribution is 0.421. The molecule has 1 aliphatic rings. The van der Waals surface area contributed by atoms with Gasteiger partial charge in [0, 0.05) is 5.56 Å². The summed E-state index contributed by atoms with van der Waals surface area (Å²) in [4.78, 5) is 0. The third-order valence-corrected chi connectivity index (χ3v) is 3.08. The van der Waals surface area contributed by atoms with Gasteiger partial charge in [0.2, 0.25) is 0 Å². The van der Waals surface area contributed by atoms with E-state index in [-0.39, 0.29) is 0 Å². The average Bonchev–Trinajstić information content (AvgIpc) is 2.41. The molecule has 0 unspecified atom stereocenters. The van der Waals surface area contributed by atoms with E-state index in [0.717, 1.165) is 11.1 Å². The molecule has 80 valence electrons. The van der Waals surface area contributed by atoms with Gasteiger partial charge in [0.1, 0.15) is 5.76 Å². The predicted molar refractivity (Wildman–Crippen MR) is 56.9 cm³/mol. The standard InChI is InChI=1S/C10H11NO3S/c1-7-3-5-9(6-4-7)10-8(2)14-15(12,13)11-10/h3-6,11H,1-2H3. The summed E-state index contributed by atoms with van der Waals surface area (Å²) in [6.45, 7) is 3.59. The molecular formula is C10H11NO3S. The summed E-state index contributed by atoms with van der Waals surface area (Å²) < 4.78 is 29.3. The Bertz CT molecular complexity index is 514. The van der Waals surface area contributed by atoms with Gasteiger partial charge in [-0.05, 0) is 13.8 Å². The van der Waals surface area contributed by atoms with Crippen molar-refractivity contribution in [1.29, 1.82) is 0 Å². The average molecular weight is 225 g/mol. The molecule has 4 nitrogen and oxygen atoms in total. The van der Waals surface area contributed by atoms with Crippen LogP contribution in [0.5, 0.6) is 0 Å². The van der Waals surface area contributed by atoms with Crippen molar-refractivity contribution in [1.82, 2.24) is 4.72 Å². The van der Waals surface area contributed by atoms with Crippen molar-refractivity contribution in [2.75, 3.05) is 0 Å². The lowest BCUT2D eigenvalue weighted by atomic mass is 10.1. The quantitative estimate of drug-likeness (QED) is 0.789. The topological polar surface area (TPSA) is 55.4 Å². The fourth-order valence-electron chi connectivity index (χ4n) is 1.41. The highest BCUT2D eigenvalue weighted by Gasteiger charge is 2.25. The summed E-state index contributed by atoms with van der Waals surface area (Å²) in [5.41, 5.74) is 2.44. The lowest BCUT2D eigenvalue weighted by Gasteiger charge is -2.01. The van der Waals surface area contributed by atoms with Crippen molar-refractivity contribution in [2.24, 2.45) is 0 Å². The lowest BCUT2D eigenvalue weighted by Crippen LogP contribution is -2.16. The van der Waals surface area contributed by atoms with Crippen LogP contribution >= 0.6 is 0 Å². The molecular weight excluding hydrogens is 214 g/mol. The molecule has 0 saturated heterocycles.